The van der Waals surface area contributed by atoms with Crippen molar-refractivity contribution in [1.82, 2.24) is 5.32 Å². The van der Waals surface area contributed by atoms with E-state index < -0.39 is 0 Å². The first-order chi connectivity index (χ1) is 10.0. The number of nitrogens with two attached hydrogens (primary N) is 1. The van der Waals surface area contributed by atoms with E-state index in [0.717, 1.165) is 23.4 Å². The summed E-state index contributed by atoms with van der Waals surface area (Å²) in [7, 11) is 1.84. The van der Waals surface area contributed by atoms with Crippen LogP contribution in [0.3, 0.4) is 0 Å². The van der Waals surface area contributed by atoms with Crippen molar-refractivity contribution in [1.29, 1.82) is 0 Å². The average Bonchev–Trinajstić information content (AvgIpc) is 2.44. The van der Waals surface area contributed by atoms with Gasteiger partial charge >= 0.3 is 0 Å². The third-order valence-electron chi connectivity index (χ3n) is 3.51. The second kappa shape index (κ2) is 6.47. The van der Waals surface area contributed by atoms with Crippen LogP contribution in [0.2, 0.25) is 0 Å². The highest BCUT2D eigenvalue weighted by molar-refractivity contribution is 5.96. The lowest BCUT2D eigenvalue weighted by atomic mass is 10.0. The molecule has 21 heavy (non-hydrogen) atoms. The Bertz CT molecular complexity index is 557. The number of aryl methyl sites for hydroxylation is 1. The molecule has 0 aromatic heterocycles. The number of fused-ring (bicyclic) bond motifs is 1. The number of nitrogens with one attached hydrogen (secondary N) is 2. The van der Waals surface area contributed by atoms with Crippen LogP contribution in [0.4, 0.5) is 17.1 Å². The topological polar surface area (TPSA) is 87.5 Å². The highest BCUT2D eigenvalue weighted by atomic mass is 16.2. The number of amides is 2. The predicted molar refractivity (Wildman–Crippen MR) is 84.4 cm³/mol. The zero-order valence-corrected chi connectivity index (χ0v) is 12.5. The summed E-state index contributed by atoms with van der Waals surface area (Å²) >= 11 is 0. The molecule has 2 amide bonds. The van der Waals surface area contributed by atoms with E-state index in [1.165, 1.54) is 0 Å². The SMILES string of the molecule is CCCNC(=O)CN(C)c1cc2c(cc1N)NC(=O)CC2. The number of carbonyl (C=O) groups is 2. The molecule has 1 aliphatic heterocycles. The van der Waals surface area contributed by atoms with E-state index in [1.54, 1.807) is 6.07 Å². The molecule has 0 spiro atoms. The maximum absolute atomic E-state index is 11.8. The van der Waals surface area contributed by atoms with Crippen LogP contribution in [0.5, 0.6) is 0 Å². The van der Waals surface area contributed by atoms with Gasteiger partial charge in [-0.3, -0.25) is 9.59 Å². The van der Waals surface area contributed by atoms with Gasteiger partial charge in [0.15, 0.2) is 0 Å². The smallest absolute Gasteiger partial charge is 0.239 e. The number of nitrogen functional groups attached to an aromatic ring is 1. The zero-order chi connectivity index (χ0) is 15.4. The van der Waals surface area contributed by atoms with E-state index in [2.05, 4.69) is 10.6 Å². The summed E-state index contributed by atoms with van der Waals surface area (Å²) in [6.07, 6.45) is 2.09. The maximum Gasteiger partial charge on any atom is 0.239 e. The molecule has 0 bridgehead atoms. The van der Waals surface area contributed by atoms with Crippen molar-refractivity contribution in [2.45, 2.75) is 26.2 Å². The van der Waals surface area contributed by atoms with Crippen LogP contribution < -0.4 is 21.3 Å². The van der Waals surface area contributed by atoms with Gasteiger partial charge in [-0.2, -0.15) is 0 Å². The third kappa shape index (κ3) is 3.65. The lowest BCUT2D eigenvalue weighted by Gasteiger charge is -2.24. The molecule has 0 saturated carbocycles. The summed E-state index contributed by atoms with van der Waals surface area (Å²) in [6, 6.07) is 3.72. The molecule has 0 saturated heterocycles. The first-order valence-corrected chi connectivity index (χ1v) is 7.21. The minimum atomic E-state index is -0.0234. The van der Waals surface area contributed by atoms with Gasteiger partial charge < -0.3 is 21.3 Å². The number of benzene rings is 1. The van der Waals surface area contributed by atoms with Crippen molar-refractivity contribution in [3.05, 3.63) is 17.7 Å². The third-order valence-corrected chi connectivity index (χ3v) is 3.51. The number of hydrogen-bond acceptors (Lipinski definition) is 4. The first-order valence-electron chi connectivity index (χ1n) is 7.21. The fraction of sp³-hybridized carbons (Fsp3) is 0.467. The molecule has 0 aliphatic carbocycles. The van der Waals surface area contributed by atoms with E-state index in [4.69, 9.17) is 5.73 Å². The lowest BCUT2D eigenvalue weighted by Crippen LogP contribution is -2.35. The van der Waals surface area contributed by atoms with Crippen molar-refractivity contribution >= 4 is 28.9 Å². The van der Waals surface area contributed by atoms with Crippen molar-refractivity contribution < 1.29 is 9.59 Å². The van der Waals surface area contributed by atoms with Gasteiger partial charge in [-0.05, 0) is 30.5 Å². The molecule has 1 aromatic carbocycles. The van der Waals surface area contributed by atoms with E-state index in [9.17, 15) is 9.59 Å². The van der Waals surface area contributed by atoms with Gasteiger partial charge in [-0.1, -0.05) is 6.92 Å². The zero-order valence-electron chi connectivity index (χ0n) is 12.5. The van der Waals surface area contributed by atoms with Crippen LogP contribution in [-0.4, -0.2) is 32.0 Å². The highest BCUT2D eigenvalue weighted by Crippen LogP contribution is 2.32. The van der Waals surface area contributed by atoms with Crippen molar-refractivity contribution in [2.24, 2.45) is 0 Å². The van der Waals surface area contributed by atoms with Crippen LogP contribution in [0.15, 0.2) is 12.1 Å². The Balaban J connectivity index is 2.12. The fourth-order valence-corrected chi connectivity index (χ4v) is 2.38. The minimum Gasteiger partial charge on any atom is -0.397 e. The molecule has 0 fully saturated rings. The van der Waals surface area contributed by atoms with Gasteiger partial charge in [0.05, 0.1) is 17.9 Å². The quantitative estimate of drug-likeness (QED) is 0.709. The molecule has 2 rings (SSSR count). The van der Waals surface area contributed by atoms with Crippen LogP contribution in [-0.2, 0) is 16.0 Å². The molecular formula is C15H22N4O2. The normalized spacial score (nSPS) is 13.3. The second-order valence-electron chi connectivity index (χ2n) is 5.32. The van der Waals surface area contributed by atoms with Gasteiger partial charge in [-0.15, -0.1) is 0 Å². The van der Waals surface area contributed by atoms with Crippen LogP contribution >= 0.6 is 0 Å². The van der Waals surface area contributed by atoms with E-state index in [1.807, 2.05) is 24.9 Å². The molecule has 1 aromatic rings. The van der Waals surface area contributed by atoms with E-state index in [-0.39, 0.29) is 18.4 Å². The monoisotopic (exact) mass is 290 g/mol. The Morgan fingerprint density at radius 1 is 1.43 bits per heavy atom. The van der Waals surface area contributed by atoms with Crippen molar-refractivity contribution in [3.8, 4) is 0 Å². The Morgan fingerprint density at radius 3 is 2.90 bits per heavy atom. The molecule has 114 valence electrons. The molecule has 1 aliphatic rings. The number of hydrogen-bond donors (Lipinski definition) is 3. The summed E-state index contributed by atoms with van der Waals surface area (Å²) in [5, 5.41) is 5.66. The van der Waals surface area contributed by atoms with Gasteiger partial charge in [-0.25, -0.2) is 0 Å². The summed E-state index contributed by atoms with van der Waals surface area (Å²) in [4.78, 5) is 25.0. The minimum absolute atomic E-state index is 0.0157. The number of anilines is 3. The molecule has 4 N–H and O–H groups in total. The van der Waals surface area contributed by atoms with Gasteiger partial charge in [0.25, 0.3) is 0 Å². The second-order valence-corrected chi connectivity index (χ2v) is 5.32. The number of carbonyl (C=O) groups excluding carboxylic acids is 2. The Labute approximate surface area is 124 Å². The number of nitrogens with zero attached hydrogens (tertiary/aromatic N) is 1. The number of likely N-dealkylation sites (N-methyl/N-ethyl adjacent to an activating group) is 1. The summed E-state index contributed by atoms with van der Waals surface area (Å²) < 4.78 is 0. The first kappa shape index (κ1) is 15.2. The Kier molecular flexibility index (Phi) is 4.67. The van der Waals surface area contributed by atoms with Crippen LogP contribution in [0, 0.1) is 0 Å². The molecule has 0 radical (unpaired) electrons. The van der Waals surface area contributed by atoms with Crippen molar-refractivity contribution in [2.75, 3.05) is 36.1 Å². The fourth-order valence-electron chi connectivity index (χ4n) is 2.38. The standard InChI is InChI=1S/C15H22N4O2/c1-3-6-17-15(21)9-19(2)13-7-10-4-5-14(20)18-12(10)8-11(13)16/h7-8H,3-6,9,16H2,1-2H3,(H,17,21)(H,18,20). The molecular weight excluding hydrogens is 268 g/mol. The van der Waals surface area contributed by atoms with E-state index in [0.29, 0.717) is 25.1 Å². The molecule has 1 heterocycles. The largest absolute Gasteiger partial charge is 0.397 e. The molecule has 6 nitrogen and oxygen atoms in total. The van der Waals surface area contributed by atoms with Crippen LogP contribution in [0.25, 0.3) is 0 Å². The molecule has 0 atom stereocenters. The summed E-state index contributed by atoms with van der Waals surface area (Å²) in [5.41, 5.74) is 9.25. The average molecular weight is 290 g/mol. The van der Waals surface area contributed by atoms with Crippen LogP contribution in [0.1, 0.15) is 25.3 Å². The van der Waals surface area contributed by atoms with E-state index >= 15 is 0 Å². The summed E-state index contributed by atoms with van der Waals surface area (Å²) in [5.74, 6) is -0.00767. The van der Waals surface area contributed by atoms with Gasteiger partial charge in [0, 0.05) is 25.7 Å². The lowest BCUT2D eigenvalue weighted by molar-refractivity contribution is -0.119. The summed E-state index contributed by atoms with van der Waals surface area (Å²) in [6.45, 7) is 2.95. The molecule has 6 heteroatoms. The van der Waals surface area contributed by atoms with Crippen molar-refractivity contribution in [3.63, 3.8) is 0 Å². The highest BCUT2D eigenvalue weighted by Gasteiger charge is 2.18. The molecule has 0 unspecified atom stereocenters. The Hall–Kier alpha value is -2.24. The van der Waals surface area contributed by atoms with Gasteiger partial charge in [0.1, 0.15) is 0 Å². The Morgan fingerprint density at radius 2 is 2.19 bits per heavy atom. The van der Waals surface area contributed by atoms with Gasteiger partial charge in [0.2, 0.25) is 11.8 Å². The number of rotatable bonds is 5. The maximum atomic E-state index is 11.8. The predicted octanol–water partition coefficient (Wildman–Crippen LogP) is 1.12.